The summed E-state index contributed by atoms with van der Waals surface area (Å²) in [5, 5.41) is 14.2. The lowest BCUT2D eigenvalue weighted by Crippen LogP contribution is -2.18. The second-order valence-electron chi connectivity index (χ2n) is 7.11. The Kier molecular flexibility index (Phi) is 6.72. The highest BCUT2D eigenvalue weighted by molar-refractivity contribution is 7.55. The Morgan fingerprint density at radius 1 is 0.697 bits per heavy atom. The fourth-order valence-corrected chi connectivity index (χ4v) is 5.12. The fraction of sp³-hybridized carbons (Fsp3) is 0.0400. The molecular formula is C25H21N2O5P. The van der Waals surface area contributed by atoms with E-state index >= 15 is 0 Å². The van der Waals surface area contributed by atoms with Gasteiger partial charge in [-0.25, -0.2) is 4.57 Å². The average Bonchev–Trinajstić information content (AvgIpc) is 2.84. The van der Waals surface area contributed by atoms with E-state index in [0.717, 1.165) is 0 Å². The zero-order valence-corrected chi connectivity index (χ0v) is 18.4. The maximum Gasteiger partial charge on any atom is 0.457 e. The van der Waals surface area contributed by atoms with Crippen molar-refractivity contribution in [2.24, 2.45) is 0 Å². The van der Waals surface area contributed by atoms with Crippen molar-refractivity contribution in [3.05, 3.63) is 131 Å². The molecule has 0 aliphatic rings. The highest BCUT2D eigenvalue weighted by Gasteiger charge is 2.41. The van der Waals surface area contributed by atoms with Crippen molar-refractivity contribution in [3.8, 4) is 11.5 Å². The molecule has 1 atom stereocenters. The van der Waals surface area contributed by atoms with Crippen molar-refractivity contribution >= 4 is 19.0 Å². The molecule has 4 aromatic carbocycles. The Hall–Kier alpha value is -4.09. The van der Waals surface area contributed by atoms with Gasteiger partial charge >= 0.3 is 7.60 Å². The first-order valence-electron chi connectivity index (χ1n) is 10.2. The van der Waals surface area contributed by atoms with Gasteiger partial charge in [0.2, 0.25) is 0 Å². The highest BCUT2D eigenvalue weighted by atomic mass is 31.2. The summed E-state index contributed by atoms with van der Waals surface area (Å²) < 4.78 is 26.5. The number of rotatable bonds is 9. The molecule has 0 aliphatic carbocycles. The van der Waals surface area contributed by atoms with Gasteiger partial charge in [0.15, 0.2) is 5.78 Å². The molecule has 166 valence electrons. The maximum absolute atomic E-state index is 14.4. The predicted octanol–water partition coefficient (Wildman–Crippen LogP) is 7.06. The number of hydrogen-bond acceptors (Lipinski definition) is 6. The van der Waals surface area contributed by atoms with Gasteiger partial charge in [-0.15, -0.1) is 0 Å². The number of para-hydroxylation sites is 2. The number of nitro benzene ring substituents is 1. The van der Waals surface area contributed by atoms with Gasteiger partial charge in [-0.1, -0.05) is 66.7 Å². The summed E-state index contributed by atoms with van der Waals surface area (Å²) in [7, 11) is -3.94. The number of benzene rings is 4. The minimum Gasteiger partial charge on any atom is -0.414 e. The van der Waals surface area contributed by atoms with Crippen molar-refractivity contribution in [2.45, 2.75) is 5.78 Å². The smallest absolute Gasteiger partial charge is 0.414 e. The first kappa shape index (κ1) is 22.1. The number of nitrogens with one attached hydrogen (secondary N) is 1. The van der Waals surface area contributed by atoms with E-state index in [0.29, 0.717) is 22.7 Å². The number of anilines is 1. The molecule has 4 rings (SSSR count). The lowest BCUT2D eigenvalue weighted by atomic mass is 10.2. The third kappa shape index (κ3) is 5.59. The van der Waals surface area contributed by atoms with E-state index in [1.807, 2.05) is 42.5 Å². The van der Waals surface area contributed by atoms with Crippen LogP contribution in [0.15, 0.2) is 115 Å². The minimum absolute atomic E-state index is 0.0407. The van der Waals surface area contributed by atoms with E-state index in [1.165, 1.54) is 12.1 Å². The second kappa shape index (κ2) is 10.0. The number of nitro groups is 1. The standard InChI is InChI=1S/C25H21N2O5P/c28-27(29)22-18-16-21(17-19-22)26-25(20-10-4-1-5-11-20)33(30,31-23-12-6-2-7-13-23)32-24-14-8-3-9-15-24/h1-19,25-26H/t25-/m0/s1. The topological polar surface area (TPSA) is 90.7 Å². The van der Waals surface area contributed by atoms with Gasteiger partial charge in [0.1, 0.15) is 11.5 Å². The van der Waals surface area contributed by atoms with Gasteiger partial charge in [-0.05, 0) is 42.0 Å². The quantitative estimate of drug-likeness (QED) is 0.163. The first-order valence-corrected chi connectivity index (χ1v) is 11.8. The van der Waals surface area contributed by atoms with Crippen LogP contribution in [0.25, 0.3) is 0 Å². The summed E-state index contributed by atoms with van der Waals surface area (Å²) in [5.41, 5.74) is 1.16. The summed E-state index contributed by atoms with van der Waals surface area (Å²) in [4.78, 5) is 10.6. The molecule has 8 heteroatoms. The summed E-state index contributed by atoms with van der Waals surface area (Å²) in [5.74, 6) is -0.119. The largest absolute Gasteiger partial charge is 0.457 e. The Morgan fingerprint density at radius 3 is 1.61 bits per heavy atom. The van der Waals surface area contributed by atoms with Crippen LogP contribution in [0.2, 0.25) is 0 Å². The Balaban J connectivity index is 1.76. The molecule has 0 saturated carbocycles. The zero-order valence-electron chi connectivity index (χ0n) is 17.5. The predicted molar refractivity (Wildman–Crippen MR) is 128 cm³/mol. The van der Waals surface area contributed by atoms with Crippen LogP contribution in [-0.4, -0.2) is 4.92 Å². The van der Waals surface area contributed by atoms with E-state index in [-0.39, 0.29) is 5.69 Å². The molecule has 0 heterocycles. The molecule has 0 aliphatic heterocycles. The summed E-state index contributed by atoms with van der Waals surface area (Å²) in [6.45, 7) is 0. The Morgan fingerprint density at radius 2 is 1.15 bits per heavy atom. The molecule has 0 spiro atoms. The van der Waals surface area contributed by atoms with Crippen LogP contribution in [0.3, 0.4) is 0 Å². The van der Waals surface area contributed by atoms with Crippen LogP contribution in [0.5, 0.6) is 11.5 Å². The van der Waals surface area contributed by atoms with Crippen LogP contribution >= 0.6 is 7.60 Å². The van der Waals surface area contributed by atoms with E-state index in [4.69, 9.17) is 9.05 Å². The summed E-state index contributed by atoms with van der Waals surface area (Å²) >= 11 is 0. The van der Waals surface area contributed by atoms with E-state index in [1.54, 1.807) is 60.7 Å². The molecular weight excluding hydrogens is 439 g/mol. The van der Waals surface area contributed by atoms with Crippen molar-refractivity contribution in [1.82, 2.24) is 0 Å². The van der Waals surface area contributed by atoms with Crippen LogP contribution < -0.4 is 14.4 Å². The van der Waals surface area contributed by atoms with E-state index in [2.05, 4.69) is 5.32 Å². The van der Waals surface area contributed by atoms with Gasteiger partial charge in [0.05, 0.1) is 4.92 Å². The first-order chi connectivity index (χ1) is 16.0. The number of non-ortho nitro benzene ring substituents is 1. The van der Waals surface area contributed by atoms with Gasteiger partial charge in [-0.2, -0.15) is 0 Å². The minimum atomic E-state index is -3.94. The monoisotopic (exact) mass is 460 g/mol. The van der Waals surface area contributed by atoms with Gasteiger partial charge in [0.25, 0.3) is 5.69 Å². The highest BCUT2D eigenvalue weighted by Crippen LogP contribution is 2.60. The summed E-state index contributed by atoms with van der Waals surface area (Å²) in [6.07, 6.45) is 0. The van der Waals surface area contributed by atoms with Crippen molar-refractivity contribution in [3.63, 3.8) is 0 Å². The SMILES string of the molecule is O=[N+]([O-])c1ccc(N[C@H](c2ccccc2)P(=O)(Oc2ccccc2)Oc2ccccc2)cc1. The summed E-state index contributed by atoms with van der Waals surface area (Å²) in [6, 6.07) is 32.6. The van der Waals surface area contributed by atoms with Crippen LogP contribution in [0.4, 0.5) is 11.4 Å². The zero-order chi connectivity index (χ0) is 23.1. The molecule has 0 bridgehead atoms. The van der Waals surface area contributed by atoms with Crippen molar-refractivity contribution in [1.29, 1.82) is 0 Å². The van der Waals surface area contributed by atoms with Crippen LogP contribution in [-0.2, 0) is 4.57 Å². The second-order valence-corrected chi connectivity index (χ2v) is 9.07. The van der Waals surface area contributed by atoms with Gasteiger partial charge in [-0.3, -0.25) is 10.1 Å². The van der Waals surface area contributed by atoms with Gasteiger partial charge < -0.3 is 14.4 Å². The molecule has 33 heavy (non-hydrogen) atoms. The van der Waals surface area contributed by atoms with Crippen molar-refractivity contribution < 1.29 is 18.5 Å². The fourth-order valence-electron chi connectivity index (χ4n) is 3.20. The maximum atomic E-state index is 14.4. The molecule has 0 aromatic heterocycles. The molecule has 1 N–H and O–H groups in total. The normalized spacial score (nSPS) is 11.9. The van der Waals surface area contributed by atoms with Crippen molar-refractivity contribution in [2.75, 3.05) is 5.32 Å². The molecule has 0 radical (unpaired) electrons. The van der Waals surface area contributed by atoms with Gasteiger partial charge in [0, 0.05) is 17.8 Å². The molecule has 7 nitrogen and oxygen atoms in total. The lowest BCUT2D eigenvalue weighted by molar-refractivity contribution is -0.384. The lowest BCUT2D eigenvalue weighted by Gasteiger charge is -2.29. The molecule has 0 fully saturated rings. The molecule has 0 saturated heterocycles. The third-order valence-electron chi connectivity index (χ3n) is 4.76. The number of nitrogens with zero attached hydrogens (tertiary/aromatic N) is 1. The Labute approximate surface area is 191 Å². The molecule has 0 amide bonds. The molecule has 0 unspecified atom stereocenters. The molecule has 4 aromatic rings. The third-order valence-corrected chi connectivity index (χ3v) is 6.76. The number of hydrogen-bond donors (Lipinski definition) is 1. The van der Waals surface area contributed by atoms with Crippen LogP contribution in [0.1, 0.15) is 11.3 Å². The van der Waals surface area contributed by atoms with E-state index < -0.39 is 18.3 Å². The van der Waals surface area contributed by atoms with Crippen LogP contribution in [0, 0.1) is 10.1 Å². The van der Waals surface area contributed by atoms with E-state index in [9.17, 15) is 14.7 Å². The average molecular weight is 460 g/mol. The Bertz CT molecular complexity index is 1190.